The van der Waals surface area contributed by atoms with Crippen LogP contribution in [-0.4, -0.2) is 21.9 Å². The molecule has 5 nitrogen and oxygen atoms in total. The molecule has 0 atom stereocenters. The molecule has 0 spiro atoms. The third-order valence-electron chi connectivity index (χ3n) is 4.01. The number of aromatic nitrogens is 3. The van der Waals surface area contributed by atoms with Crippen LogP contribution in [0.25, 0.3) is 17.3 Å². The van der Waals surface area contributed by atoms with Gasteiger partial charge in [-0.25, -0.2) is 4.39 Å². The van der Waals surface area contributed by atoms with Gasteiger partial charge in [0.1, 0.15) is 11.6 Å². The highest BCUT2D eigenvalue weighted by Gasteiger charge is 2.18. The molecule has 2 heterocycles. The maximum Gasteiger partial charge on any atom is 0.205 e. The summed E-state index contributed by atoms with van der Waals surface area (Å²) in [4.78, 5) is 0. The standard InChI is InChI=1S/C20H16FN3O2S/c1-25-17-6-3-2-5-14(17)13-27-20-23-22-19(18-7-4-12-26-18)24(20)16-10-8-15(21)9-11-16/h2-12H,13H2,1H3. The largest absolute Gasteiger partial charge is 0.496 e. The minimum atomic E-state index is -0.297. The van der Waals surface area contributed by atoms with Crippen LogP contribution in [0.1, 0.15) is 5.56 Å². The molecule has 0 aliphatic rings. The Morgan fingerprint density at radius 1 is 1.04 bits per heavy atom. The van der Waals surface area contributed by atoms with Gasteiger partial charge in [0.15, 0.2) is 10.9 Å². The third kappa shape index (κ3) is 3.59. The van der Waals surface area contributed by atoms with E-state index in [2.05, 4.69) is 10.2 Å². The van der Waals surface area contributed by atoms with Crippen molar-refractivity contribution in [2.75, 3.05) is 7.11 Å². The number of hydrogen-bond acceptors (Lipinski definition) is 5. The lowest BCUT2D eigenvalue weighted by molar-refractivity contribution is 0.411. The zero-order chi connectivity index (χ0) is 18.6. The SMILES string of the molecule is COc1ccccc1CSc1nnc(-c2ccco2)n1-c1ccc(F)cc1. The van der Waals surface area contributed by atoms with E-state index in [-0.39, 0.29) is 5.82 Å². The molecule has 2 aromatic carbocycles. The number of hydrogen-bond donors (Lipinski definition) is 0. The number of furan rings is 1. The molecule has 0 bridgehead atoms. The Labute approximate surface area is 159 Å². The van der Waals surface area contributed by atoms with Gasteiger partial charge in [-0.1, -0.05) is 30.0 Å². The number of thioether (sulfide) groups is 1. The zero-order valence-corrected chi connectivity index (χ0v) is 15.3. The van der Waals surface area contributed by atoms with E-state index >= 15 is 0 Å². The Morgan fingerprint density at radius 3 is 2.59 bits per heavy atom. The summed E-state index contributed by atoms with van der Waals surface area (Å²) in [5.41, 5.74) is 1.81. The minimum Gasteiger partial charge on any atom is -0.496 e. The number of para-hydroxylation sites is 1. The van der Waals surface area contributed by atoms with Gasteiger partial charge in [-0.2, -0.15) is 0 Å². The van der Waals surface area contributed by atoms with Gasteiger partial charge < -0.3 is 9.15 Å². The van der Waals surface area contributed by atoms with E-state index in [1.807, 2.05) is 34.9 Å². The molecule has 0 N–H and O–H groups in total. The second-order valence-electron chi connectivity index (χ2n) is 5.70. The molecule has 2 aromatic heterocycles. The molecular formula is C20H16FN3O2S. The van der Waals surface area contributed by atoms with Crippen molar-refractivity contribution >= 4 is 11.8 Å². The Balaban J connectivity index is 1.71. The molecule has 4 rings (SSSR count). The number of nitrogens with zero attached hydrogens (tertiary/aromatic N) is 3. The molecule has 136 valence electrons. The second-order valence-corrected chi connectivity index (χ2v) is 6.64. The molecule has 0 aliphatic carbocycles. The maximum atomic E-state index is 13.4. The fourth-order valence-electron chi connectivity index (χ4n) is 2.72. The molecule has 0 saturated heterocycles. The average Bonchev–Trinajstić information content (AvgIpc) is 3.37. The lowest BCUT2D eigenvalue weighted by Crippen LogP contribution is -2.00. The summed E-state index contributed by atoms with van der Waals surface area (Å²) in [5, 5.41) is 9.29. The number of methoxy groups -OCH3 is 1. The van der Waals surface area contributed by atoms with Gasteiger partial charge in [0, 0.05) is 11.3 Å². The second kappa shape index (κ2) is 7.67. The smallest absolute Gasteiger partial charge is 0.205 e. The Hall–Kier alpha value is -3.06. The van der Waals surface area contributed by atoms with Crippen LogP contribution in [0.5, 0.6) is 5.75 Å². The van der Waals surface area contributed by atoms with Crippen LogP contribution in [0.15, 0.2) is 76.5 Å². The highest BCUT2D eigenvalue weighted by molar-refractivity contribution is 7.98. The first-order valence-corrected chi connectivity index (χ1v) is 9.25. The van der Waals surface area contributed by atoms with Crippen LogP contribution in [0, 0.1) is 5.82 Å². The summed E-state index contributed by atoms with van der Waals surface area (Å²) in [7, 11) is 1.65. The van der Waals surface area contributed by atoms with Gasteiger partial charge >= 0.3 is 0 Å². The van der Waals surface area contributed by atoms with Crippen LogP contribution in [0.4, 0.5) is 4.39 Å². The molecule has 0 radical (unpaired) electrons. The van der Waals surface area contributed by atoms with E-state index in [9.17, 15) is 4.39 Å². The molecule has 7 heteroatoms. The summed E-state index contributed by atoms with van der Waals surface area (Å²) in [5.74, 6) is 2.34. The van der Waals surface area contributed by atoms with E-state index in [0.717, 1.165) is 17.0 Å². The van der Waals surface area contributed by atoms with Crippen LogP contribution < -0.4 is 4.74 Å². The van der Waals surface area contributed by atoms with Crippen LogP contribution >= 0.6 is 11.8 Å². The van der Waals surface area contributed by atoms with Crippen molar-refractivity contribution in [2.24, 2.45) is 0 Å². The summed E-state index contributed by atoms with van der Waals surface area (Å²) in [6.45, 7) is 0. The van der Waals surface area contributed by atoms with Gasteiger partial charge in [0.25, 0.3) is 0 Å². The number of ether oxygens (including phenoxy) is 1. The van der Waals surface area contributed by atoms with Gasteiger partial charge in [-0.3, -0.25) is 4.57 Å². The number of halogens is 1. The first kappa shape index (κ1) is 17.4. The molecule has 0 fully saturated rings. The molecule has 0 saturated carbocycles. The van der Waals surface area contributed by atoms with Crippen molar-refractivity contribution in [1.29, 1.82) is 0 Å². The van der Waals surface area contributed by atoms with Crippen LogP contribution in [0.2, 0.25) is 0 Å². The van der Waals surface area contributed by atoms with Gasteiger partial charge in [0.2, 0.25) is 5.82 Å². The predicted molar refractivity (Wildman–Crippen MR) is 102 cm³/mol. The predicted octanol–water partition coefficient (Wildman–Crippen LogP) is 4.97. The monoisotopic (exact) mass is 381 g/mol. The summed E-state index contributed by atoms with van der Waals surface area (Å²) in [6.07, 6.45) is 1.58. The van der Waals surface area contributed by atoms with Gasteiger partial charge in [-0.15, -0.1) is 10.2 Å². The van der Waals surface area contributed by atoms with Crippen LogP contribution in [-0.2, 0) is 5.75 Å². The molecule has 0 aliphatic heterocycles. The van der Waals surface area contributed by atoms with Crippen molar-refractivity contribution in [3.8, 4) is 23.0 Å². The van der Waals surface area contributed by atoms with Gasteiger partial charge in [-0.05, 0) is 42.5 Å². The lowest BCUT2D eigenvalue weighted by atomic mass is 10.2. The van der Waals surface area contributed by atoms with Crippen molar-refractivity contribution in [1.82, 2.24) is 14.8 Å². The van der Waals surface area contributed by atoms with Crippen molar-refractivity contribution in [3.63, 3.8) is 0 Å². The van der Waals surface area contributed by atoms with Crippen molar-refractivity contribution in [2.45, 2.75) is 10.9 Å². The zero-order valence-electron chi connectivity index (χ0n) is 14.5. The quantitative estimate of drug-likeness (QED) is 0.442. The molecular weight excluding hydrogens is 365 g/mol. The molecule has 27 heavy (non-hydrogen) atoms. The summed E-state index contributed by atoms with van der Waals surface area (Å²) >= 11 is 1.52. The Kier molecular flexibility index (Phi) is 4.93. The fraction of sp³-hybridized carbons (Fsp3) is 0.100. The highest BCUT2D eigenvalue weighted by atomic mass is 32.2. The highest BCUT2D eigenvalue weighted by Crippen LogP contribution is 2.32. The number of benzene rings is 2. The minimum absolute atomic E-state index is 0.297. The topological polar surface area (TPSA) is 53.1 Å². The summed E-state index contributed by atoms with van der Waals surface area (Å²) < 4.78 is 26.1. The Morgan fingerprint density at radius 2 is 1.85 bits per heavy atom. The number of rotatable bonds is 6. The maximum absolute atomic E-state index is 13.4. The lowest BCUT2D eigenvalue weighted by Gasteiger charge is -2.10. The van der Waals surface area contributed by atoms with E-state index in [1.54, 1.807) is 31.6 Å². The Bertz CT molecular complexity index is 1030. The fourth-order valence-corrected chi connectivity index (χ4v) is 3.66. The molecule has 0 unspecified atom stereocenters. The van der Waals surface area contributed by atoms with E-state index in [1.165, 1.54) is 23.9 Å². The van der Waals surface area contributed by atoms with Crippen molar-refractivity contribution < 1.29 is 13.5 Å². The molecule has 0 amide bonds. The normalized spacial score (nSPS) is 10.9. The average molecular weight is 381 g/mol. The molecule has 4 aromatic rings. The third-order valence-corrected chi connectivity index (χ3v) is 4.99. The van der Waals surface area contributed by atoms with Crippen molar-refractivity contribution in [3.05, 3.63) is 78.3 Å². The first-order chi connectivity index (χ1) is 13.3. The van der Waals surface area contributed by atoms with E-state index in [0.29, 0.717) is 22.5 Å². The van der Waals surface area contributed by atoms with Gasteiger partial charge in [0.05, 0.1) is 19.1 Å². The first-order valence-electron chi connectivity index (χ1n) is 8.26. The van der Waals surface area contributed by atoms with E-state index in [4.69, 9.17) is 9.15 Å². The summed E-state index contributed by atoms with van der Waals surface area (Å²) in [6, 6.07) is 17.7. The van der Waals surface area contributed by atoms with E-state index < -0.39 is 0 Å². The van der Waals surface area contributed by atoms with Crippen LogP contribution in [0.3, 0.4) is 0 Å².